The summed E-state index contributed by atoms with van der Waals surface area (Å²) in [6.45, 7) is 10.5. The lowest BCUT2D eigenvalue weighted by atomic mass is 10.3. The number of nitrogens with one attached hydrogen (secondary N) is 1. The fourth-order valence-corrected chi connectivity index (χ4v) is 2.78. The Bertz CT molecular complexity index is 645. The molecule has 0 aromatic carbocycles. The van der Waals surface area contributed by atoms with Gasteiger partial charge in [-0.1, -0.05) is 0 Å². The Hall–Kier alpha value is -2.44. The van der Waals surface area contributed by atoms with Crippen LogP contribution in [-0.2, 0) is 0 Å². The predicted octanol–water partition coefficient (Wildman–Crippen LogP) is 1.64. The van der Waals surface area contributed by atoms with Gasteiger partial charge >= 0.3 is 0 Å². The van der Waals surface area contributed by atoms with E-state index in [1.165, 1.54) is 0 Å². The quantitative estimate of drug-likeness (QED) is 0.920. The van der Waals surface area contributed by atoms with E-state index in [4.69, 9.17) is 0 Å². The highest BCUT2D eigenvalue weighted by Gasteiger charge is 2.20. The zero-order valence-electron chi connectivity index (χ0n) is 14.0. The highest BCUT2D eigenvalue weighted by Crippen LogP contribution is 2.18. The Morgan fingerprint density at radius 3 is 2.48 bits per heavy atom. The molecule has 0 bridgehead atoms. The number of piperazine rings is 1. The van der Waals surface area contributed by atoms with Crippen molar-refractivity contribution in [1.82, 2.24) is 19.9 Å². The molecule has 0 aliphatic carbocycles. The van der Waals surface area contributed by atoms with Crippen molar-refractivity contribution in [3.8, 4) is 0 Å². The average molecular weight is 313 g/mol. The molecule has 1 saturated heterocycles. The molecular formula is C16H23N7. The van der Waals surface area contributed by atoms with E-state index < -0.39 is 0 Å². The van der Waals surface area contributed by atoms with E-state index in [1.54, 1.807) is 0 Å². The third kappa shape index (κ3) is 3.67. The number of hydrogen-bond acceptors (Lipinski definition) is 7. The molecule has 1 fully saturated rings. The minimum atomic E-state index is 0.790. The Morgan fingerprint density at radius 1 is 1.04 bits per heavy atom. The van der Waals surface area contributed by atoms with Gasteiger partial charge in [-0.2, -0.15) is 4.98 Å². The molecule has 0 amide bonds. The van der Waals surface area contributed by atoms with Gasteiger partial charge in [-0.25, -0.2) is 15.0 Å². The second-order valence-electron chi connectivity index (χ2n) is 5.66. The van der Waals surface area contributed by atoms with Crippen molar-refractivity contribution in [2.45, 2.75) is 20.8 Å². The molecule has 0 radical (unpaired) electrons. The van der Waals surface area contributed by atoms with Gasteiger partial charge in [-0.15, -0.1) is 0 Å². The first-order valence-electron chi connectivity index (χ1n) is 8.05. The molecule has 2 aromatic rings. The first-order chi connectivity index (χ1) is 11.2. The van der Waals surface area contributed by atoms with E-state index in [9.17, 15) is 0 Å². The SMILES string of the molecule is CCNc1ccnc(N2CCN(c3cc(C)nc(C)n3)CC2)n1. The lowest BCUT2D eigenvalue weighted by Crippen LogP contribution is -2.47. The van der Waals surface area contributed by atoms with E-state index in [0.29, 0.717) is 0 Å². The van der Waals surface area contributed by atoms with Crippen molar-refractivity contribution in [3.63, 3.8) is 0 Å². The van der Waals surface area contributed by atoms with Crippen molar-refractivity contribution in [2.24, 2.45) is 0 Å². The molecule has 7 heteroatoms. The van der Waals surface area contributed by atoms with Crippen LogP contribution in [0.4, 0.5) is 17.6 Å². The van der Waals surface area contributed by atoms with Gasteiger partial charge in [0.2, 0.25) is 5.95 Å². The van der Waals surface area contributed by atoms with Gasteiger partial charge in [0.05, 0.1) is 0 Å². The summed E-state index contributed by atoms with van der Waals surface area (Å²) in [5.41, 5.74) is 1.01. The summed E-state index contributed by atoms with van der Waals surface area (Å²) >= 11 is 0. The summed E-state index contributed by atoms with van der Waals surface area (Å²) < 4.78 is 0. The minimum absolute atomic E-state index is 0.790. The van der Waals surface area contributed by atoms with Crippen molar-refractivity contribution < 1.29 is 0 Å². The molecule has 2 aromatic heterocycles. The van der Waals surface area contributed by atoms with Gasteiger partial charge < -0.3 is 15.1 Å². The summed E-state index contributed by atoms with van der Waals surface area (Å²) in [6, 6.07) is 3.95. The maximum atomic E-state index is 4.57. The minimum Gasteiger partial charge on any atom is -0.370 e. The van der Waals surface area contributed by atoms with Crippen LogP contribution in [0.15, 0.2) is 18.3 Å². The number of aryl methyl sites for hydroxylation is 2. The third-order valence-corrected chi connectivity index (χ3v) is 3.84. The number of nitrogens with zero attached hydrogens (tertiary/aromatic N) is 6. The van der Waals surface area contributed by atoms with Gasteiger partial charge in [0, 0.05) is 50.7 Å². The van der Waals surface area contributed by atoms with Crippen LogP contribution >= 0.6 is 0 Å². The largest absolute Gasteiger partial charge is 0.370 e. The summed E-state index contributed by atoms with van der Waals surface area (Å²) in [5.74, 6) is 3.50. The summed E-state index contributed by atoms with van der Waals surface area (Å²) in [6.07, 6.45) is 1.81. The maximum absolute atomic E-state index is 4.57. The molecule has 1 N–H and O–H groups in total. The van der Waals surface area contributed by atoms with E-state index in [2.05, 4.69) is 42.0 Å². The van der Waals surface area contributed by atoms with Crippen molar-refractivity contribution in [3.05, 3.63) is 29.8 Å². The molecule has 0 saturated carbocycles. The monoisotopic (exact) mass is 313 g/mol. The molecule has 1 aliphatic rings. The van der Waals surface area contributed by atoms with Gasteiger partial charge in [0.1, 0.15) is 17.5 Å². The fourth-order valence-electron chi connectivity index (χ4n) is 2.78. The van der Waals surface area contributed by atoms with Crippen LogP contribution in [0.1, 0.15) is 18.4 Å². The van der Waals surface area contributed by atoms with Crippen LogP contribution in [0.25, 0.3) is 0 Å². The number of rotatable bonds is 4. The molecule has 0 unspecified atom stereocenters. The van der Waals surface area contributed by atoms with Crippen LogP contribution < -0.4 is 15.1 Å². The predicted molar refractivity (Wildman–Crippen MR) is 92.1 cm³/mol. The van der Waals surface area contributed by atoms with Crippen molar-refractivity contribution in [1.29, 1.82) is 0 Å². The molecule has 3 heterocycles. The van der Waals surface area contributed by atoms with Crippen LogP contribution in [0.3, 0.4) is 0 Å². The Morgan fingerprint density at radius 2 is 1.78 bits per heavy atom. The second-order valence-corrected chi connectivity index (χ2v) is 5.66. The Labute approximate surface area is 136 Å². The molecule has 0 atom stereocenters. The third-order valence-electron chi connectivity index (χ3n) is 3.84. The maximum Gasteiger partial charge on any atom is 0.227 e. The zero-order valence-corrected chi connectivity index (χ0v) is 14.0. The van der Waals surface area contributed by atoms with E-state index in [1.807, 2.05) is 32.2 Å². The first-order valence-corrected chi connectivity index (χ1v) is 8.05. The highest BCUT2D eigenvalue weighted by atomic mass is 15.3. The smallest absolute Gasteiger partial charge is 0.227 e. The summed E-state index contributed by atoms with van der Waals surface area (Å²) in [4.78, 5) is 22.4. The number of anilines is 3. The number of hydrogen-bond donors (Lipinski definition) is 1. The summed E-state index contributed by atoms with van der Waals surface area (Å²) in [5, 5.41) is 3.23. The lowest BCUT2D eigenvalue weighted by molar-refractivity contribution is 0.633. The topological polar surface area (TPSA) is 70.1 Å². The highest BCUT2D eigenvalue weighted by molar-refractivity contribution is 5.45. The molecule has 3 rings (SSSR count). The fraction of sp³-hybridized carbons (Fsp3) is 0.500. The van der Waals surface area contributed by atoms with Crippen LogP contribution in [-0.4, -0.2) is 52.7 Å². The normalized spacial score (nSPS) is 14.9. The summed E-state index contributed by atoms with van der Waals surface area (Å²) in [7, 11) is 0. The number of aromatic nitrogens is 4. The molecular weight excluding hydrogens is 290 g/mol. The van der Waals surface area contributed by atoms with E-state index >= 15 is 0 Å². The van der Waals surface area contributed by atoms with Gasteiger partial charge in [0.25, 0.3) is 0 Å². The Balaban J connectivity index is 1.67. The second kappa shape index (κ2) is 6.76. The van der Waals surface area contributed by atoms with Gasteiger partial charge in [0.15, 0.2) is 0 Å². The van der Waals surface area contributed by atoms with Gasteiger partial charge in [-0.05, 0) is 26.8 Å². The van der Waals surface area contributed by atoms with E-state index in [-0.39, 0.29) is 0 Å². The molecule has 1 aliphatic heterocycles. The molecule has 23 heavy (non-hydrogen) atoms. The molecule has 122 valence electrons. The average Bonchev–Trinajstić information content (AvgIpc) is 2.55. The van der Waals surface area contributed by atoms with Crippen LogP contribution in [0, 0.1) is 13.8 Å². The molecule has 7 nitrogen and oxygen atoms in total. The van der Waals surface area contributed by atoms with Crippen molar-refractivity contribution >= 4 is 17.6 Å². The lowest BCUT2D eigenvalue weighted by Gasteiger charge is -2.35. The van der Waals surface area contributed by atoms with Crippen LogP contribution in [0.5, 0.6) is 0 Å². The van der Waals surface area contributed by atoms with Crippen molar-refractivity contribution in [2.75, 3.05) is 47.8 Å². The van der Waals surface area contributed by atoms with Gasteiger partial charge in [-0.3, -0.25) is 0 Å². The molecule has 0 spiro atoms. The zero-order chi connectivity index (χ0) is 16.2. The standard InChI is InChI=1S/C16H23N7/c1-4-17-14-5-6-18-16(21-14)23-9-7-22(8-10-23)15-11-12(2)19-13(3)20-15/h5-6,11H,4,7-10H2,1-3H3,(H,17,18,21). The first kappa shape index (κ1) is 15.5. The Kier molecular flexibility index (Phi) is 4.55. The van der Waals surface area contributed by atoms with E-state index in [0.717, 1.165) is 61.8 Å². The van der Waals surface area contributed by atoms with Crippen LogP contribution in [0.2, 0.25) is 0 Å².